The molecular weight excluding hydrogens is 461 g/mol. The average Bonchev–Trinajstić information content (AvgIpc) is 3.12. The summed E-state index contributed by atoms with van der Waals surface area (Å²) >= 11 is 1.79. The van der Waals surface area contributed by atoms with Crippen molar-refractivity contribution >= 4 is 52.2 Å². The maximum absolute atomic E-state index is 11.8. The van der Waals surface area contributed by atoms with Crippen LogP contribution in [0.25, 0.3) is 0 Å². The van der Waals surface area contributed by atoms with Crippen molar-refractivity contribution in [3.63, 3.8) is 0 Å². The van der Waals surface area contributed by atoms with Gasteiger partial charge in [-0.15, -0.1) is 35.3 Å². The van der Waals surface area contributed by atoms with E-state index in [0.717, 1.165) is 31.5 Å². The van der Waals surface area contributed by atoms with Crippen molar-refractivity contribution < 1.29 is 4.79 Å². The molecule has 0 spiro atoms. The predicted octanol–water partition coefficient (Wildman–Crippen LogP) is 2.53. The third-order valence-corrected chi connectivity index (χ3v) is 5.01. The number of amides is 1. The summed E-state index contributed by atoms with van der Waals surface area (Å²) in [4.78, 5) is 20.2. The van der Waals surface area contributed by atoms with Gasteiger partial charge in [-0.25, -0.2) is 4.99 Å². The summed E-state index contributed by atoms with van der Waals surface area (Å²) in [5.74, 6) is 0.678. The number of piperidine rings is 1. The van der Waals surface area contributed by atoms with Gasteiger partial charge in [0.05, 0.1) is 5.00 Å². The second-order valence-corrected chi connectivity index (χ2v) is 7.55. The molecule has 1 aliphatic rings. The third kappa shape index (κ3) is 7.53. The molecule has 1 aromatic rings. The van der Waals surface area contributed by atoms with Crippen LogP contribution >= 0.6 is 35.3 Å². The highest BCUT2D eigenvalue weighted by atomic mass is 127. The van der Waals surface area contributed by atoms with Crippen molar-refractivity contribution in [3.8, 4) is 0 Å². The van der Waals surface area contributed by atoms with Crippen molar-refractivity contribution in [2.45, 2.75) is 25.8 Å². The molecule has 1 saturated heterocycles. The summed E-state index contributed by atoms with van der Waals surface area (Å²) in [6.45, 7) is 8.73. The maximum atomic E-state index is 11.8. The van der Waals surface area contributed by atoms with Crippen molar-refractivity contribution in [2.24, 2.45) is 4.99 Å². The Hall–Kier alpha value is -1.29. The van der Waals surface area contributed by atoms with Crippen LogP contribution in [0, 0.1) is 0 Å². The average molecular weight is 491 g/mol. The van der Waals surface area contributed by atoms with Gasteiger partial charge in [0.25, 0.3) is 0 Å². The first-order valence-electron chi connectivity index (χ1n) is 8.63. The fraction of sp³-hybridized carbons (Fsp3) is 0.556. The smallest absolute Gasteiger partial charge is 0.243 e. The van der Waals surface area contributed by atoms with Crippen LogP contribution in [0.5, 0.6) is 0 Å². The van der Waals surface area contributed by atoms with Crippen molar-refractivity contribution in [3.05, 3.63) is 29.7 Å². The lowest BCUT2D eigenvalue weighted by molar-refractivity contribution is -0.127. The fourth-order valence-electron chi connectivity index (χ4n) is 2.56. The summed E-state index contributed by atoms with van der Waals surface area (Å²) in [7, 11) is 3.49. The van der Waals surface area contributed by atoms with E-state index >= 15 is 0 Å². The van der Waals surface area contributed by atoms with E-state index in [9.17, 15) is 4.79 Å². The van der Waals surface area contributed by atoms with E-state index in [2.05, 4.69) is 44.6 Å². The van der Waals surface area contributed by atoms with Gasteiger partial charge in [-0.05, 0) is 37.3 Å². The lowest BCUT2D eigenvalue weighted by atomic mass is 10.1. The third-order valence-electron chi connectivity index (χ3n) is 4.08. The van der Waals surface area contributed by atoms with E-state index in [-0.39, 0.29) is 36.4 Å². The Morgan fingerprint density at radius 2 is 2.12 bits per heavy atom. The molecule has 0 saturated carbocycles. The first kappa shape index (κ1) is 22.8. The largest absolute Gasteiger partial charge is 0.363 e. The van der Waals surface area contributed by atoms with Crippen LogP contribution in [0.3, 0.4) is 0 Å². The van der Waals surface area contributed by atoms with Crippen molar-refractivity contribution in [2.75, 3.05) is 45.2 Å². The van der Waals surface area contributed by atoms with Gasteiger partial charge in [-0.2, -0.15) is 0 Å². The zero-order chi connectivity index (χ0) is 18.2. The number of hydrogen-bond donors (Lipinski definition) is 2. The highest BCUT2D eigenvalue weighted by Gasteiger charge is 2.20. The summed E-state index contributed by atoms with van der Waals surface area (Å²) in [6, 6.07) is 4.63. The first-order valence-corrected chi connectivity index (χ1v) is 9.51. The molecule has 1 aromatic heterocycles. The normalized spacial score (nSPS) is 15.2. The number of thiophene rings is 1. The molecule has 2 heterocycles. The minimum atomic E-state index is -0.0102. The Kier molecular flexibility index (Phi) is 10.0. The minimum absolute atomic E-state index is 0. The molecule has 26 heavy (non-hydrogen) atoms. The maximum Gasteiger partial charge on any atom is 0.243 e. The molecule has 0 bridgehead atoms. The predicted molar refractivity (Wildman–Crippen MR) is 122 cm³/mol. The molecule has 0 aliphatic carbocycles. The molecule has 0 atom stereocenters. The minimum Gasteiger partial charge on any atom is -0.363 e. The van der Waals surface area contributed by atoms with E-state index in [1.807, 2.05) is 6.92 Å². The van der Waals surface area contributed by atoms with Crippen LogP contribution in [-0.4, -0.2) is 63.1 Å². The lowest BCUT2D eigenvalue weighted by Crippen LogP contribution is -2.49. The zero-order valence-corrected chi connectivity index (χ0v) is 19.0. The Morgan fingerprint density at radius 1 is 1.42 bits per heavy atom. The van der Waals surface area contributed by atoms with Crippen LogP contribution in [0.15, 0.2) is 34.7 Å². The molecule has 0 radical (unpaired) electrons. The van der Waals surface area contributed by atoms with E-state index in [1.165, 1.54) is 5.00 Å². The topological polar surface area (TPSA) is 60.0 Å². The number of carbonyl (C=O) groups excluding carboxylic acids is 1. The molecule has 2 rings (SSSR count). The quantitative estimate of drug-likeness (QED) is 0.278. The van der Waals surface area contributed by atoms with Crippen LogP contribution < -0.4 is 15.5 Å². The highest BCUT2D eigenvalue weighted by Crippen LogP contribution is 2.24. The van der Waals surface area contributed by atoms with Crippen LogP contribution in [0.4, 0.5) is 5.00 Å². The lowest BCUT2D eigenvalue weighted by Gasteiger charge is -2.33. The molecule has 1 aliphatic heterocycles. The number of nitrogens with one attached hydrogen (secondary N) is 2. The molecule has 0 unspecified atom stereocenters. The number of hydrogen-bond acceptors (Lipinski definition) is 4. The molecule has 146 valence electrons. The number of halogens is 1. The number of guanidine groups is 1. The first-order chi connectivity index (χ1) is 12.0. The van der Waals surface area contributed by atoms with Crippen LogP contribution in [0.2, 0.25) is 0 Å². The monoisotopic (exact) mass is 491 g/mol. The van der Waals surface area contributed by atoms with Gasteiger partial charge in [-0.3, -0.25) is 4.79 Å². The number of carbonyl (C=O) groups is 1. The second kappa shape index (κ2) is 11.4. The second-order valence-electron chi connectivity index (χ2n) is 6.62. The van der Waals surface area contributed by atoms with Crippen molar-refractivity contribution in [1.29, 1.82) is 0 Å². The summed E-state index contributed by atoms with van der Waals surface area (Å²) in [5.41, 5.74) is 1.03. The number of nitrogens with zero attached hydrogens (tertiary/aromatic N) is 3. The molecule has 2 N–H and O–H groups in total. The Balaban J connectivity index is 0.00000338. The Morgan fingerprint density at radius 3 is 2.65 bits per heavy atom. The molecule has 6 nitrogen and oxygen atoms in total. The Bertz CT molecular complexity index is 595. The molecule has 1 fully saturated rings. The van der Waals surface area contributed by atoms with Gasteiger partial charge in [0.2, 0.25) is 5.91 Å². The number of rotatable bonds is 6. The summed E-state index contributed by atoms with van der Waals surface area (Å²) < 4.78 is 0. The summed E-state index contributed by atoms with van der Waals surface area (Å²) in [6.07, 6.45) is 2.10. The zero-order valence-electron chi connectivity index (χ0n) is 15.8. The molecule has 8 heteroatoms. The van der Waals surface area contributed by atoms with Gasteiger partial charge in [0.15, 0.2) is 5.96 Å². The van der Waals surface area contributed by atoms with Crippen molar-refractivity contribution in [1.82, 2.24) is 15.5 Å². The SMILES string of the molecule is C=C(C)CNC(=NCC(=O)N(C)C)NC1CCN(c2cccs2)CC1.I. The van der Waals surface area contributed by atoms with E-state index in [1.54, 1.807) is 30.3 Å². The molecule has 1 amide bonds. The fourth-order valence-corrected chi connectivity index (χ4v) is 3.35. The molecule has 0 aromatic carbocycles. The number of aliphatic imine (C=N–C) groups is 1. The van der Waals surface area contributed by atoms with E-state index in [4.69, 9.17) is 0 Å². The van der Waals surface area contributed by atoms with Gasteiger partial charge in [-0.1, -0.05) is 12.2 Å². The Labute approximate surface area is 177 Å². The van der Waals surface area contributed by atoms with Gasteiger partial charge in [0.1, 0.15) is 6.54 Å². The highest BCUT2D eigenvalue weighted by molar-refractivity contribution is 14.0. The standard InChI is InChI=1S/C18H29N5OS.HI/c1-14(2)12-19-18(20-13-16(24)22(3)4)21-15-7-9-23(10-8-15)17-6-5-11-25-17;/h5-6,11,15H,1,7-10,12-13H2,2-4H3,(H2,19,20,21);1H. The van der Waals surface area contributed by atoms with Gasteiger partial charge in [0, 0.05) is 39.8 Å². The van der Waals surface area contributed by atoms with Gasteiger partial charge >= 0.3 is 0 Å². The van der Waals surface area contributed by atoms with Crippen LogP contribution in [0.1, 0.15) is 19.8 Å². The van der Waals surface area contributed by atoms with E-state index < -0.39 is 0 Å². The van der Waals surface area contributed by atoms with Crippen LogP contribution in [-0.2, 0) is 4.79 Å². The van der Waals surface area contributed by atoms with Gasteiger partial charge < -0.3 is 20.4 Å². The molecular formula is C18H30IN5OS. The summed E-state index contributed by atoms with van der Waals surface area (Å²) in [5, 5.41) is 10.2. The number of anilines is 1. The van der Waals surface area contributed by atoms with E-state index in [0.29, 0.717) is 18.5 Å². The number of likely N-dealkylation sites (N-methyl/N-ethyl adjacent to an activating group) is 1.